The Kier molecular flexibility index (Phi) is 6.35. The van der Waals surface area contributed by atoms with Gasteiger partial charge in [0.1, 0.15) is 6.61 Å². The van der Waals surface area contributed by atoms with E-state index in [-0.39, 0.29) is 13.2 Å². The summed E-state index contributed by atoms with van der Waals surface area (Å²) in [6.07, 6.45) is 0.412. The molecule has 5 heteroatoms. The third kappa shape index (κ3) is 4.44. The lowest BCUT2D eigenvalue weighted by Crippen LogP contribution is -2.40. The van der Waals surface area contributed by atoms with Gasteiger partial charge in [-0.15, -0.1) is 0 Å². The van der Waals surface area contributed by atoms with Gasteiger partial charge >= 0.3 is 5.97 Å². The van der Waals surface area contributed by atoms with Gasteiger partial charge < -0.3 is 21.3 Å². The van der Waals surface area contributed by atoms with Gasteiger partial charge in [0.05, 0.1) is 12.5 Å². The molecule has 1 rings (SSSR count). The van der Waals surface area contributed by atoms with Crippen molar-refractivity contribution in [2.75, 3.05) is 13.2 Å². The Hall–Kier alpha value is -1.43. The number of carbonyl (C=O) groups excluding carboxylic acids is 1. The largest absolute Gasteiger partial charge is 0.461 e. The first kappa shape index (κ1) is 14.6. The van der Waals surface area contributed by atoms with Gasteiger partial charge in [-0.3, -0.25) is 4.79 Å². The summed E-state index contributed by atoms with van der Waals surface area (Å²) in [6, 6.07) is 8.76. The van der Waals surface area contributed by atoms with Crippen LogP contribution in [-0.4, -0.2) is 30.3 Å². The van der Waals surface area contributed by atoms with Gasteiger partial charge in [-0.05, 0) is 18.5 Å². The summed E-state index contributed by atoms with van der Waals surface area (Å²) in [5.41, 5.74) is 12.0. The van der Waals surface area contributed by atoms with Crippen LogP contribution in [0.4, 0.5) is 0 Å². The fourth-order valence-corrected chi connectivity index (χ4v) is 1.65. The Labute approximate surface area is 107 Å². The summed E-state index contributed by atoms with van der Waals surface area (Å²) in [5.74, 6) is -0.963. The topological polar surface area (TPSA) is 98.6 Å². The average molecular weight is 252 g/mol. The molecule has 0 radical (unpaired) electrons. The number of aliphatic hydroxyl groups excluding tert-OH is 1. The number of nitrogens with two attached hydrogens (primary N) is 2. The molecule has 0 saturated carbocycles. The maximum atomic E-state index is 11.8. The van der Waals surface area contributed by atoms with Crippen LogP contribution >= 0.6 is 0 Å². The Balaban J connectivity index is 2.51. The van der Waals surface area contributed by atoms with E-state index < -0.39 is 17.9 Å². The molecule has 0 aliphatic rings. The highest BCUT2D eigenvalue weighted by molar-refractivity contribution is 5.73. The Morgan fingerprint density at radius 3 is 2.56 bits per heavy atom. The number of benzene rings is 1. The molecule has 1 aromatic carbocycles. The van der Waals surface area contributed by atoms with Crippen LogP contribution in [0.5, 0.6) is 0 Å². The van der Waals surface area contributed by atoms with E-state index >= 15 is 0 Å². The van der Waals surface area contributed by atoms with E-state index in [2.05, 4.69) is 0 Å². The number of rotatable bonds is 7. The van der Waals surface area contributed by atoms with Gasteiger partial charge in [0.25, 0.3) is 0 Å². The Bertz CT molecular complexity index is 357. The average Bonchev–Trinajstić information content (AvgIpc) is 2.42. The predicted molar refractivity (Wildman–Crippen MR) is 68.5 cm³/mol. The van der Waals surface area contributed by atoms with E-state index in [0.29, 0.717) is 13.0 Å². The number of esters is 1. The summed E-state index contributed by atoms with van der Waals surface area (Å²) in [6.45, 7) is 0.281. The number of ether oxygens (including phenoxy) is 1. The zero-order chi connectivity index (χ0) is 13.4. The molecule has 0 spiro atoms. The normalized spacial score (nSPS) is 13.9. The van der Waals surface area contributed by atoms with Gasteiger partial charge in [0.15, 0.2) is 0 Å². The van der Waals surface area contributed by atoms with Gasteiger partial charge in [0, 0.05) is 6.04 Å². The minimum atomic E-state index is -0.628. The molecule has 18 heavy (non-hydrogen) atoms. The molecule has 0 aromatic heterocycles. The second-order valence-electron chi connectivity index (χ2n) is 4.12. The lowest BCUT2D eigenvalue weighted by atomic mass is 9.97. The van der Waals surface area contributed by atoms with Crippen molar-refractivity contribution in [3.05, 3.63) is 35.9 Å². The van der Waals surface area contributed by atoms with Crippen molar-refractivity contribution in [1.29, 1.82) is 0 Å². The summed E-state index contributed by atoms with van der Waals surface area (Å²) in [5, 5.41) is 8.99. The SMILES string of the molecule is NCCC(C(=O)OCc1ccccc1)[C@H](N)CO. The standard InChI is InChI=1S/C13H20N2O3/c14-7-6-11(12(15)8-16)13(17)18-9-10-4-2-1-3-5-10/h1-5,11-12,16H,6-9,14-15H2/t11?,12-/m1/s1. The summed E-state index contributed by atoms with van der Waals surface area (Å²) in [4.78, 5) is 11.8. The van der Waals surface area contributed by atoms with E-state index in [1.807, 2.05) is 30.3 Å². The van der Waals surface area contributed by atoms with Crippen molar-refractivity contribution in [2.45, 2.75) is 19.1 Å². The quantitative estimate of drug-likeness (QED) is 0.594. The van der Waals surface area contributed by atoms with E-state index in [1.54, 1.807) is 0 Å². The fourth-order valence-electron chi connectivity index (χ4n) is 1.65. The molecular weight excluding hydrogens is 232 g/mol. The molecule has 0 aliphatic heterocycles. The molecule has 0 amide bonds. The van der Waals surface area contributed by atoms with Gasteiger partial charge in [-0.2, -0.15) is 0 Å². The molecule has 1 unspecified atom stereocenters. The summed E-state index contributed by atoms with van der Waals surface area (Å²) >= 11 is 0. The van der Waals surface area contributed by atoms with Gasteiger partial charge in [-0.25, -0.2) is 0 Å². The predicted octanol–water partition coefficient (Wildman–Crippen LogP) is 0.0144. The van der Waals surface area contributed by atoms with Crippen LogP contribution in [0.15, 0.2) is 30.3 Å². The molecule has 0 saturated heterocycles. The summed E-state index contributed by atoms with van der Waals surface area (Å²) < 4.78 is 5.18. The molecule has 0 bridgehead atoms. The molecule has 5 nitrogen and oxygen atoms in total. The van der Waals surface area contributed by atoms with Crippen LogP contribution in [0.25, 0.3) is 0 Å². The number of hydrogen-bond acceptors (Lipinski definition) is 5. The first-order valence-corrected chi connectivity index (χ1v) is 5.96. The maximum Gasteiger partial charge on any atom is 0.310 e. The van der Waals surface area contributed by atoms with Crippen LogP contribution in [0.2, 0.25) is 0 Å². The Morgan fingerprint density at radius 1 is 1.33 bits per heavy atom. The molecule has 1 aromatic rings. The van der Waals surface area contributed by atoms with Crippen LogP contribution in [0.3, 0.4) is 0 Å². The van der Waals surface area contributed by atoms with E-state index in [4.69, 9.17) is 21.3 Å². The second kappa shape index (κ2) is 7.81. The minimum Gasteiger partial charge on any atom is -0.461 e. The Morgan fingerprint density at radius 2 is 2.00 bits per heavy atom. The first-order valence-electron chi connectivity index (χ1n) is 5.96. The molecule has 0 fully saturated rings. The third-order valence-corrected chi connectivity index (χ3v) is 2.73. The van der Waals surface area contributed by atoms with Crippen molar-refractivity contribution in [2.24, 2.45) is 17.4 Å². The van der Waals surface area contributed by atoms with Crippen LogP contribution in [-0.2, 0) is 16.1 Å². The third-order valence-electron chi connectivity index (χ3n) is 2.73. The smallest absolute Gasteiger partial charge is 0.310 e. The zero-order valence-electron chi connectivity index (χ0n) is 10.3. The maximum absolute atomic E-state index is 11.8. The van der Waals surface area contributed by atoms with Crippen LogP contribution in [0.1, 0.15) is 12.0 Å². The monoisotopic (exact) mass is 252 g/mol. The van der Waals surface area contributed by atoms with E-state index in [0.717, 1.165) is 5.56 Å². The fraction of sp³-hybridized carbons (Fsp3) is 0.462. The van der Waals surface area contributed by atoms with Crippen LogP contribution < -0.4 is 11.5 Å². The van der Waals surface area contributed by atoms with Crippen molar-refractivity contribution in [3.63, 3.8) is 0 Å². The van der Waals surface area contributed by atoms with E-state index in [1.165, 1.54) is 0 Å². The molecular formula is C13H20N2O3. The number of carbonyl (C=O) groups is 1. The molecule has 2 atom stereocenters. The van der Waals surface area contributed by atoms with E-state index in [9.17, 15) is 4.79 Å². The highest BCUT2D eigenvalue weighted by Crippen LogP contribution is 2.11. The van der Waals surface area contributed by atoms with Crippen molar-refractivity contribution < 1.29 is 14.6 Å². The lowest BCUT2D eigenvalue weighted by Gasteiger charge is -2.20. The first-order chi connectivity index (χ1) is 8.69. The zero-order valence-corrected chi connectivity index (χ0v) is 10.3. The highest BCUT2D eigenvalue weighted by Gasteiger charge is 2.25. The summed E-state index contributed by atoms with van der Waals surface area (Å²) in [7, 11) is 0. The molecule has 0 heterocycles. The van der Waals surface area contributed by atoms with Crippen LogP contribution in [0, 0.1) is 5.92 Å². The number of aliphatic hydroxyl groups is 1. The molecule has 100 valence electrons. The number of hydrogen-bond donors (Lipinski definition) is 3. The highest BCUT2D eigenvalue weighted by atomic mass is 16.5. The lowest BCUT2D eigenvalue weighted by molar-refractivity contribution is -0.151. The van der Waals surface area contributed by atoms with Gasteiger partial charge in [-0.1, -0.05) is 30.3 Å². The van der Waals surface area contributed by atoms with Crippen molar-refractivity contribution >= 4 is 5.97 Å². The van der Waals surface area contributed by atoms with Crippen molar-refractivity contribution in [1.82, 2.24) is 0 Å². The molecule has 5 N–H and O–H groups in total. The minimum absolute atomic E-state index is 0.207. The molecule has 0 aliphatic carbocycles. The van der Waals surface area contributed by atoms with Crippen molar-refractivity contribution in [3.8, 4) is 0 Å². The second-order valence-corrected chi connectivity index (χ2v) is 4.12. The van der Waals surface area contributed by atoms with Gasteiger partial charge in [0.2, 0.25) is 0 Å².